The van der Waals surface area contributed by atoms with Crippen molar-refractivity contribution in [2.24, 2.45) is 0 Å². The van der Waals surface area contributed by atoms with Crippen LogP contribution in [0.15, 0.2) is 0 Å². The van der Waals surface area contributed by atoms with Gasteiger partial charge in [0.2, 0.25) is 0 Å². The Morgan fingerprint density at radius 3 is 2.05 bits per heavy atom. The minimum atomic E-state index is -4.52. The predicted molar refractivity (Wildman–Crippen MR) is 80.3 cm³/mol. The van der Waals surface area contributed by atoms with Gasteiger partial charge in [-0.1, -0.05) is 51.9 Å². The van der Waals surface area contributed by atoms with E-state index in [9.17, 15) is 13.2 Å². The number of rotatable bonds is 13. The van der Waals surface area contributed by atoms with Crippen molar-refractivity contribution in [1.82, 2.24) is 0 Å². The van der Waals surface area contributed by atoms with Gasteiger partial charge >= 0.3 is 45.9 Å². The van der Waals surface area contributed by atoms with Crippen LogP contribution in [0.2, 0.25) is 0 Å². The molecule has 0 aliphatic rings. The third-order valence-electron chi connectivity index (χ3n) is 3.00. The molecule has 0 spiro atoms. The van der Waals surface area contributed by atoms with Gasteiger partial charge in [-0.2, -0.15) is 8.42 Å². The summed E-state index contributed by atoms with van der Waals surface area (Å²) in [4.78, 5) is 11.4. The van der Waals surface area contributed by atoms with Gasteiger partial charge in [0.05, 0.1) is 19.1 Å². The molecule has 22 heavy (non-hydrogen) atoms. The molecule has 0 heterocycles. The topological polar surface area (TPSA) is 89.9 Å². The summed E-state index contributed by atoms with van der Waals surface area (Å²) in [6.45, 7) is 3.91. The maximum Gasteiger partial charge on any atom is 1.00 e. The van der Waals surface area contributed by atoms with Crippen LogP contribution in [-0.2, 0) is 24.1 Å². The van der Waals surface area contributed by atoms with Crippen molar-refractivity contribution in [3.8, 4) is 0 Å². The van der Waals surface area contributed by atoms with E-state index >= 15 is 0 Å². The fraction of sp³-hybridized carbons (Fsp3) is 0.929. The predicted octanol–water partition coefficient (Wildman–Crippen LogP) is 0.272. The quantitative estimate of drug-likeness (QED) is 0.223. The SMILES string of the molecule is CCCCCCCCCCOC(=O)CC(C)OS(=O)(=O)O.[Na+]. The van der Waals surface area contributed by atoms with Crippen LogP contribution in [0.4, 0.5) is 0 Å². The summed E-state index contributed by atoms with van der Waals surface area (Å²) in [5.41, 5.74) is 0. The Labute approximate surface area is 156 Å². The first-order valence-corrected chi connectivity index (χ1v) is 9.03. The van der Waals surface area contributed by atoms with Gasteiger partial charge in [-0.3, -0.25) is 9.35 Å². The van der Waals surface area contributed by atoms with E-state index in [2.05, 4.69) is 11.1 Å². The van der Waals surface area contributed by atoms with E-state index in [1.807, 2.05) is 0 Å². The Hall–Kier alpha value is 0.340. The van der Waals surface area contributed by atoms with E-state index in [-0.39, 0.29) is 36.0 Å². The maximum absolute atomic E-state index is 11.4. The number of esters is 1. The Morgan fingerprint density at radius 1 is 1.05 bits per heavy atom. The van der Waals surface area contributed by atoms with Crippen molar-refractivity contribution in [2.75, 3.05) is 6.61 Å². The zero-order chi connectivity index (χ0) is 16.1. The Morgan fingerprint density at radius 2 is 1.55 bits per heavy atom. The molecule has 0 aromatic heterocycles. The summed E-state index contributed by atoms with van der Waals surface area (Å²) in [7, 11) is -4.52. The second kappa shape index (κ2) is 14.9. The van der Waals surface area contributed by atoms with Gasteiger partial charge in [0, 0.05) is 0 Å². The van der Waals surface area contributed by atoms with Gasteiger partial charge in [0.15, 0.2) is 0 Å². The average Bonchev–Trinajstić information content (AvgIpc) is 2.34. The number of carbonyl (C=O) groups is 1. The molecule has 0 saturated heterocycles. The normalized spacial score (nSPS) is 12.5. The molecule has 6 nitrogen and oxygen atoms in total. The van der Waals surface area contributed by atoms with Crippen LogP contribution in [0.3, 0.4) is 0 Å². The molecule has 0 aliphatic carbocycles. The van der Waals surface area contributed by atoms with E-state index in [0.717, 1.165) is 19.3 Å². The van der Waals surface area contributed by atoms with Crippen molar-refractivity contribution in [1.29, 1.82) is 0 Å². The van der Waals surface area contributed by atoms with Crippen LogP contribution in [0.25, 0.3) is 0 Å². The van der Waals surface area contributed by atoms with Crippen molar-refractivity contribution in [2.45, 2.75) is 77.7 Å². The maximum atomic E-state index is 11.4. The molecule has 0 bridgehead atoms. The van der Waals surface area contributed by atoms with E-state index < -0.39 is 22.5 Å². The van der Waals surface area contributed by atoms with E-state index in [1.54, 1.807) is 0 Å². The Bertz CT molecular complexity index is 372. The summed E-state index contributed by atoms with van der Waals surface area (Å²) in [6, 6.07) is 0. The van der Waals surface area contributed by atoms with Crippen LogP contribution < -0.4 is 29.6 Å². The summed E-state index contributed by atoms with van der Waals surface area (Å²) in [6.07, 6.45) is 8.16. The summed E-state index contributed by atoms with van der Waals surface area (Å²) in [5.74, 6) is -0.519. The largest absolute Gasteiger partial charge is 1.00 e. The van der Waals surface area contributed by atoms with Gasteiger partial charge in [-0.05, 0) is 13.3 Å². The molecule has 0 rings (SSSR count). The molecule has 126 valence electrons. The van der Waals surface area contributed by atoms with Crippen molar-refractivity contribution < 1.29 is 56.2 Å². The molecule has 1 N–H and O–H groups in total. The number of ether oxygens (including phenoxy) is 1. The number of hydrogen-bond acceptors (Lipinski definition) is 5. The number of hydrogen-bond donors (Lipinski definition) is 1. The van der Waals surface area contributed by atoms with Gasteiger partial charge in [0.25, 0.3) is 0 Å². The van der Waals surface area contributed by atoms with Gasteiger partial charge in [-0.15, -0.1) is 0 Å². The second-order valence-corrected chi connectivity index (χ2v) is 6.28. The smallest absolute Gasteiger partial charge is 0.466 e. The first-order valence-electron chi connectivity index (χ1n) is 7.66. The molecule has 0 aliphatic heterocycles. The first-order chi connectivity index (χ1) is 9.85. The molecule has 0 radical (unpaired) electrons. The monoisotopic (exact) mass is 347 g/mol. The standard InChI is InChI=1S/C14H28O6S.Na/c1-3-4-5-6-7-8-9-10-11-19-14(15)12-13(2)20-21(16,17)18;/h13H,3-12H2,1-2H3,(H,16,17,18);/q;+1. The van der Waals surface area contributed by atoms with Crippen LogP contribution in [0.1, 0.15) is 71.6 Å². The third kappa shape index (κ3) is 18.4. The van der Waals surface area contributed by atoms with Crippen molar-refractivity contribution in [3.63, 3.8) is 0 Å². The molecule has 1 atom stereocenters. The summed E-state index contributed by atoms with van der Waals surface area (Å²) < 4.78 is 38.5. The molecule has 0 saturated carbocycles. The first kappa shape index (κ1) is 24.6. The average molecular weight is 347 g/mol. The Balaban J connectivity index is 0. The second-order valence-electron chi connectivity index (χ2n) is 5.23. The zero-order valence-corrected chi connectivity index (χ0v) is 16.9. The fourth-order valence-electron chi connectivity index (χ4n) is 1.96. The van der Waals surface area contributed by atoms with E-state index in [1.165, 1.54) is 39.0 Å². The van der Waals surface area contributed by atoms with Gasteiger partial charge in [-0.25, -0.2) is 4.18 Å². The third-order valence-corrected chi connectivity index (χ3v) is 3.57. The molecule has 0 aromatic rings. The van der Waals surface area contributed by atoms with Crippen LogP contribution in [0, 0.1) is 0 Å². The van der Waals surface area contributed by atoms with E-state index in [4.69, 9.17) is 9.29 Å². The number of carbonyl (C=O) groups excluding carboxylic acids is 1. The molecule has 0 aromatic carbocycles. The molecule has 1 unspecified atom stereocenters. The summed E-state index contributed by atoms with van der Waals surface area (Å²) in [5, 5.41) is 0. The van der Waals surface area contributed by atoms with Crippen molar-refractivity contribution >= 4 is 16.4 Å². The Kier molecular flexibility index (Phi) is 16.7. The molecular formula is C14H28NaO6S+. The van der Waals surface area contributed by atoms with E-state index in [0.29, 0.717) is 6.61 Å². The molecule has 0 amide bonds. The minimum Gasteiger partial charge on any atom is -0.466 e. The minimum absolute atomic E-state index is 0. The fourth-order valence-corrected chi connectivity index (χ4v) is 2.44. The number of unbranched alkanes of at least 4 members (excludes halogenated alkanes) is 7. The van der Waals surface area contributed by atoms with Crippen molar-refractivity contribution in [3.05, 3.63) is 0 Å². The van der Waals surface area contributed by atoms with Crippen LogP contribution in [0.5, 0.6) is 0 Å². The molecular weight excluding hydrogens is 319 g/mol. The van der Waals surface area contributed by atoms with Crippen LogP contribution >= 0.6 is 0 Å². The molecule has 0 fully saturated rings. The van der Waals surface area contributed by atoms with Crippen LogP contribution in [-0.4, -0.2) is 31.7 Å². The van der Waals surface area contributed by atoms with Gasteiger partial charge in [0.1, 0.15) is 0 Å². The molecule has 8 heteroatoms. The zero-order valence-electron chi connectivity index (χ0n) is 14.0. The van der Waals surface area contributed by atoms with Gasteiger partial charge < -0.3 is 4.74 Å². The summed E-state index contributed by atoms with van der Waals surface area (Å²) >= 11 is 0.